The Morgan fingerprint density at radius 3 is 2.67 bits per heavy atom. The highest BCUT2D eigenvalue weighted by atomic mass is 16.2. The van der Waals surface area contributed by atoms with Crippen LogP contribution in [0.3, 0.4) is 0 Å². The number of nitrogens with zero attached hydrogens (tertiary/aromatic N) is 1. The summed E-state index contributed by atoms with van der Waals surface area (Å²) in [4.78, 5) is 24.3. The van der Waals surface area contributed by atoms with E-state index < -0.39 is 6.04 Å². The summed E-state index contributed by atoms with van der Waals surface area (Å²) in [5.74, 6) is -0.565. The minimum absolute atomic E-state index is 0.201. The van der Waals surface area contributed by atoms with Gasteiger partial charge in [0, 0.05) is 18.0 Å². The van der Waals surface area contributed by atoms with Gasteiger partial charge in [0.1, 0.15) is 6.04 Å². The lowest BCUT2D eigenvalue weighted by Crippen LogP contribution is -2.45. The first-order valence-electron chi connectivity index (χ1n) is 8.24. The summed E-state index contributed by atoms with van der Waals surface area (Å²) in [6.07, 6.45) is 0.842. The molecule has 0 spiro atoms. The molecule has 1 unspecified atom stereocenters. The molecule has 0 saturated carbocycles. The van der Waals surface area contributed by atoms with Crippen molar-refractivity contribution in [2.24, 2.45) is 0 Å². The molecule has 0 aliphatic heterocycles. The molecule has 2 amide bonds. The standard InChI is InChI=1S/C17H25N5O2/c1-11(2)18-9-6-10-19-16(23)12(3)20-17(24)15-13-7-4-5-8-14(13)21-22-15/h4-5,7-8,11-12,18H,6,9-10H2,1-3H3,(H,19,23)(H,20,24)(H,21,22). The van der Waals surface area contributed by atoms with E-state index in [1.807, 2.05) is 24.3 Å². The maximum Gasteiger partial charge on any atom is 0.273 e. The summed E-state index contributed by atoms with van der Waals surface area (Å²) in [5, 5.41) is 16.4. The predicted octanol–water partition coefficient (Wildman–Crippen LogP) is 1.19. The first-order chi connectivity index (χ1) is 11.5. The van der Waals surface area contributed by atoms with Crippen LogP contribution < -0.4 is 16.0 Å². The molecule has 7 nitrogen and oxygen atoms in total. The minimum Gasteiger partial charge on any atom is -0.354 e. The number of carbonyl (C=O) groups excluding carboxylic acids is 2. The largest absolute Gasteiger partial charge is 0.354 e. The van der Waals surface area contributed by atoms with Crippen LogP contribution in [0.4, 0.5) is 0 Å². The number of amides is 2. The van der Waals surface area contributed by atoms with Crippen molar-refractivity contribution >= 4 is 22.7 Å². The maximum absolute atomic E-state index is 12.3. The first kappa shape index (κ1) is 17.9. The maximum atomic E-state index is 12.3. The van der Waals surface area contributed by atoms with Crippen molar-refractivity contribution in [1.82, 2.24) is 26.1 Å². The molecule has 0 radical (unpaired) electrons. The van der Waals surface area contributed by atoms with Crippen molar-refractivity contribution < 1.29 is 9.59 Å². The topological polar surface area (TPSA) is 98.9 Å². The summed E-state index contributed by atoms with van der Waals surface area (Å²) < 4.78 is 0. The third-order valence-corrected chi connectivity index (χ3v) is 3.63. The third kappa shape index (κ3) is 4.79. The monoisotopic (exact) mass is 331 g/mol. The van der Waals surface area contributed by atoms with Crippen LogP contribution in [0.5, 0.6) is 0 Å². The van der Waals surface area contributed by atoms with Gasteiger partial charge in [0.15, 0.2) is 5.69 Å². The SMILES string of the molecule is CC(C)NCCCNC(=O)C(C)NC(=O)c1n[nH]c2ccccc12. The van der Waals surface area contributed by atoms with Crippen molar-refractivity contribution in [2.45, 2.75) is 39.3 Å². The van der Waals surface area contributed by atoms with Crippen molar-refractivity contribution in [3.8, 4) is 0 Å². The van der Waals surface area contributed by atoms with Gasteiger partial charge in [-0.2, -0.15) is 5.10 Å². The number of benzene rings is 1. The van der Waals surface area contributed by atoms with E-state index in [9.17, 15) is 9.59 Å². The Balaban J connectivity index is 1.81. The van der Waals surface area contributed by atoms with Crippen LogP contribution in [0.15, 0.2) is 24.3 Å². The zero-order chi connectivity index (χ0) is 17.5. The first-order valence-corrected chi connectivity index (χ1v) is 8.24. The molecule has 7 heteroatoms. The molecule has 1 heterocycles. The Bertz CT molecular complexity index is 695. The normalized spacial score (nSPS) is 12.3. The van der Waals surface area contributed by atoms with E-state index in [1.165, 1.54) is 0 Å². The molecule has 0 aliphatic carbocycles. The molecule has 0 bridgehead atoms. The molecule has 0 aliphatic rings. The molecule has 1 aromatic carbocycles. The van der Waals surface area contributed by atoms with Crippen LogP contribution in [0.2, 0.25) is 0 Å². The second-order valence-electron chi connectivity index (χ2n) is 6.07. The number of aromatic amines is 1. The molecule has 0 fully saturated rings. The fraction of sp³-hybridized carbons (Fsp3) is 0.471. The highest BCUT2D eigenvalue weighted by Gasteiger charge is 2.19. The van der Waals surface area contributed by atoms with E-state index in [4.69, 9.17) is 0 Å². The van der Waals surface area contributed by atoms with E-state index in [0.717, 1.165) is 23.9 Å². The smallest absolute Gasteiger partial charge is 0.273 e. The van der Waals surface area contributed by atoms with E-state index in [-0.39, 0.29) is 11.8 Å². The van der Waals surface area contributed by atoms with Gasteiger partial charge in [-0.3, -0.25) is 14.7 Å². The quantitative estimate of drug-likeness (QED) is 0.546. The van der Waals surface area contributed by atoms with Crippen LogP contribution in [0, 0.1) is 0 Å². The van der Waals surface area contributed by atoms with Gasteiger partial charge in [-0.25, -0.2) is 0 Å². The molecule has 24 heavy (non-hydrogen) atoms. The van der Waals surface area contributed by atoms with Crippen molar-refractivity contribution in [3.63, 3.8) is 0 Å². The Morgan fingerprint density at radius 1 is 1.17 bits per heavy atom. The molecule has 1 aromatic heterocycles. The predicted molar refractivity (Wildman–Crippen MR) is 93.8 cm³/mol. The Hall–Kier alpha value is -2.41. The molecule has 2 rings (SSSR count). The van der Waals surface area contributed by atoms with Crippen LogP contribution in [0.1, 0.15) is 37.7 Å². The lowest BCUT2D eigenvalue weighted by molar-refractivity contribution is -0.122. The zero-order valence-corrected chi connectivity index (χ0v) is 14.3. The second kappa shape index (κ2) is 8.44. The molecular formula is C17H25N5O2. The van der Waals surface area contributed by atoms with Crippen LogP contribution in [-0.4, -0.2) is 47.2 Å². The van der Waals surface area contributed by atoms with Gasteiger partial charge in [0.05, 0.1) is 5.52 Å². The average molecular weight is 331 g/mol. The van der Waals surface area contributed by atoms with Gasteiger partial charge in [-0.1, -0.05) is 32.0 Å². The highest BCUT2D eigenvalue weighted by Crippen LogP contribution is 2.14. The van der Waals surface area contributed by atoms with Crippen molar-refractivity contribution in [3.05, 3.63) is 30.0 Å². The molecule has 4 N–H and O–H groups in total. The molecule has 2 aromatic rings. The van der Waals surface area contributed by atoms with E-state index >= 15 is 0 Å². The summed E-state index contributed by atoms with van der Waals surface area (Å²) >= 11 is 0. The van der Waals surface area contributed by atoms with Crippen molar-refractivity contribution in [2.75, 3.05) is 13.1 Å². The Morgan fingerprint density at radius 2 is 1.92 bits per heavy atom. The zero-order valence-electron chi connectivity index (χ0n) is 14.3. The van der Waals surface area contributed by atoms with Gasteiger partial charge in [0.2, 0.25) is 5.91 Å². The Labute approximate surface area is 141 Å². The lowest BCUT2D eigenvalue weighted by Gasteiger charge is -2.14. The number of H-pyrrole nitrogens is 1. The van der Waals surface area contributed by atoms with E-state index in [1.54, 1.807) is 6.92 Å². The number of rotatable bonds is 8. The molecule has 130 valence electrons. The summed E-state index contributed by atoms with van der Waals surface area (Å²) in [6, 6.07) is 7.19. The fourth-order valence-electron chi connectivity index (χ4n) is 2.31. The highest BCUT2D eigenvalue weighted by molar-refractivity contribution is 6.05. The van der Waals surface area contributed by atoms with E-state index in [0.29, 0.717) is 18.3 Å². The average Bonchev–Trinajstić information content (AvgIpc) is 2.98. The van der Waals surface area contributed by atoms with Gasteiger partial charge >= 0.3 is 0 Å². The lowest BCUT2D eigenvalue weighted by atomic mass is 10.2. The summed E-state index contributed by atoms with van der Waals surface area (Å²) in [7, 11) is 0. The molecule has 0 saturated heterocycles. The van der Waals surface area contributed by atoms with Gasteiger partial charge in [0.25, 0.3) is 5.91 Å². The number of nitrogens with one attached hydrogen (secondary N) is 4. The minimum atomic E-state index is -0.619. The van der Waals surface area contributed by atoms with Gasteiger partial charge in [-0.05, 0) is 26.0 Å². The van der Waals surface area contributed by atoms with Gasteiger partial charge in [-0.15, -0.1) is 0 Å². The van der Waals surface area contributed by atoms with Crippen LogP contribution in [0.25, 0.3) is 10.9 Å². The fourth-order valence-corrected chi connectivity index (χ4v) is 2.31. The number of hydrogen-bond donors (Lipinski definition) is 4. The number of carbonyl (C=O) groups is 2. The molecular weight excluding hydrogens is 306 g/mol. The Kier molecular flexibility index (Phi) is 6.31. The van der Waals surface area contributed by atoms with Gasteiger partial charge < -0.3 is 16.0 Å². The van der Waals surface area contributed by atoms with Crippen molar-refractivity contribution in [1.29, 1.82) is 0 Å². The number of para-hydroxylation sites is 1. The molecule has 1 atom stereocenters. The third-order valence-electron chi connectivity index (χ3n) is 3.63. The number of hydrogen-bond acceptors (Lipinski definition) is 4. The summed E-state index contributed by atoms with van der Waals surface area (Å²) in [6.45, 7) is 7.24. The second-order valence-corrected chi connectivity index (χ2v) is 6.07. The number of fused-ring (bicyclic) bond motifs is 1. The number of aromatic nitrogens is 2. The van der Waals surface area contributed by atoms with Crippen LogP contribution in [-0.2, 0) is 4.79 Å². The summed E-state index contributed by atoms with van der Waals surface area (Å²) in [5.41, 5.74) is 1.09. The van der Waals surface area contributed by atoms with Crippen LogP contribution >= 0.6 is 0 Å². The van der Waals surface area contributed by atoms with E-state index in [2.05, 4.69) is 40.0 Å².